The number of carbonyl (C=O) groups excluding carboxylic acids is 1. The molecule has 2 aromatic rings. The summed E-state index contributed by atoms with van der Waals surface area (Å²) in [5.74, 6) is -0.385. The van der Waals surface area contributed by atoms with E-state index in [9.17, 15) is 13.2 Å². The summed E-state index contributed by atoms with van der Waals surface area (Å²) in [5.41, 5.74) is 0.207. The van der Waals surface area contributed by atoms with E-state index in [-0.39, 0.29) is 28.1 Å². The number of anilines is 1. The standard InChI is InChI=1S/C22H27Cl2N3O3S/c23-18-10-11-21(20(24)16-18)27(31(29,30)19-8-3-1-4-9-19)17-22(28)25-12-7-15-26-13-5-2-6-14-26/h1,3-4,8-11,16H,2,5-7,12-15,17H2,(H,25,28). The third-order valence-corrected chi connectivity index (χ3v) is 7.53. The zero-order valence-electron chi connectivity index (χ0n) is 17.3. The van der Waals surface area contributed by atoms with Gasteiger partial charge in [0.05, 0.1) is 15.6 Å². The highest BCUT2D eigenvalue weighted by Crippen LogP contribution is 2.32. The van der Waals surface area contributed by atoms with Crippen molar-refractivity contribution in [3.63, 3.8) is 0 Å². The van der Waals surface area contributed by atoms with Crippen molar-refractivity contribution in [1.82, 2.24) is 10.2 Å². The largest absolute Gasteiger partial charge is 0.354 e. The van der Waals surface area contributed by atoms with Crippen LogP contribution in [0.2, 0.25) is 10.0 Å². The number of hydrogen-bond donors (Lipinski definition) is 1. The van der Waals surface area contributed by atoms with Crippen molar-refractivity contribution in [3.8, 4) is 0 Å². The second-order valence-corrected chi connectivity index (χ2v) is 10.2. The maximum absolute atomic E-state index is 13.3. The van der Waals surface area contributed by atoms with Gasteiger partial charge in [-0.05, 0) is 69.2 Å². The SMILES string of the molecule is O=C(CN(c1ccc(Cl)cc1Cl)S(=O)(=O)c1ccccc1)NCCCN1CCCCC1. The van der Waals surface area contributed by atoms with Crippen LogP contribution in [0.5, 0.6) is 0 Å². The van der Waals surface area contributed by atoms with Crippen molar-refractivity contribution in [3.05, 3.63) is 58.6 Å². The lowest BCUT2D eigenvalue weighted by Crippen LogP contribution is -2.41. The lowest BCUT2D eigenvalue weighted by atomic mass is 10.1. The highest BCUT2D eigenvalue weighted by Gasteiger charge is 2.28. The Bertz CT molecular complexity index is 981. The fourth-order valence-electron chi connectivity index (χ4n) is 3.60. The quantitative estimate of drug-likeness (QED) is 0.543. The molecule has 0 bridgehead atoms. The summed E-state index contributed by atoms with van der Waals surface area (Å²) < 4.78 is 27.6. The number of halogens is 2. The van der Waals surface area contributed by atoms with E-state index in [0.717, 1.165) is 30.4 Å². The van der Waals surface area contributed by atoms with Gasteiger partial charge in [-0.25, -0.2) is 8.42 Å². The Labute approximate surface area is 194 Å². The lowest BCUT2D eigenvalue weighted by Gasteiger charge is -2.26. The van der Waals surface area contributed by atoms with Crippen LogP contribution in [0, 0.1) is 0 Å². The summed E-state index contributed by atoms with van der Waals surface area (Å²) in [6.45, 7) is 3.25. The van der Waals surface area contributed by atoms with Gasteiger partial charge in [-0.3, -0.25) is 9.10 Å². The first kappa shape index (κ1) is 23.9. The molecule has 3 rings (SSSR count). The molecule has 0 aliphatic carbocycles. The molecule has 1 amide bonds. The molecular weight excluding hydrogens is 457 g/mol. The van der Waals surface area contributed by atoms with E-state index in [1.165, 1.54) is 43.5 Å². The second kappa shape index (κ2) is 11.2. The number of carbonyl (C=O) groups is 1. The van der Waals surface area contributed by atoms with Crippen molar-refractivity contribution in [2.45, 2.75) is 30.6 Å². The number of likely N-dealkylation sites (tertiary alicyclic amines) is 1. The number of rotatable bonds is 9. The van der Waals surface area contributed by atoms with Gasteiger partial charge in [0, 0.05) is 11.6 Å². The van der Waals surface area contributed by atoms with Crippen LogP contribution in [0.15, 0.2) is 53.4 Å². The minimum absolute atomic E-state index is 0.0823. The Morgan fingerprint density at radius 3 is 2.42 bits per heavy atom. The number of nitrogens with zero attached hydrogens (tertiary/aromatic N) is 2. The van der Waals surface area contributed by atoms with Crippen molar-refractivity contribution in [1.29, 1.82) is 0 Å². The zero-order chi connectivity index (χ0) is 22.3. The molecule has 31 heavy (non-hydrogen) atoms. The first-order valence-electron chi connectivity index (χ1n) is 10.4. The number of amides is 1. The molecule has 0 aromatic heterocycles. The van der Waals surface area contributed by atoms with E-state index in [2.05, 4.69) is 10.2 Å². The Kier molecular flexibility index (Phi) is 8.60. The average molecular weight is 484 g/mol. The van der Waals surface area contributed by atoms with Crippen molar-refractivity contribution >= 4 is 44.8 Å². The predicted octanol–water partition coefficient (Wildman–Crippen LogP) is 4.18. The van der Waals surface area contributed by atoms with Gasteiger partial charge in [-0.2, -0.15) is 0 Å². The van der Waals surface area contributed by atoms with Crippen molar-refractivity contribution in [2.75, 3.05) is 37.0 Å². The summed E-state index contributed by atoms with van der Waals surface area (Å²) in [5, 5.41) is 3.38. The molecule has 0 spiro atoms. The molecule has 1 N–H and O–H groups in total. The highest BCUT2D eigenvalue weighted by molar-refractivity contribution is 7.92. The molecule has 0 unspecified atom stereocenters. The fraction of sp³-hybridized carbons (Fsp3) is 0.409. The van der Waals surface area contributed by atoms with E-state index >= 15 is 0 Å². The highest BCUT2D eigenvalue weighted by atomic mass is 35.5. The molecule has 2 aromatic carbocycles. The third kappa shape index (κ3) is 6.59. The Morgan fingerprint density at radius 2 is 1.74 bits per heavy atom. The summed E-state index contributed by atoms with van der Waals surface area (Å²) in [4.78, 5) is 15.1. The molecule has 168 valence electrons. The Balaban J connectivity index is 1.70. The first-order valence-corrected chi connectivity index (χ1v) is 12.6. The molecule has 9 heteroatoms. The minimum Gasteiger partial charge on any atom is -0.354 e. The number of sulfonamides is 1. The molecule has 0 atom stereocenters. The smallest absolute Gasteiger partial charge is 0.264 e. The van der Waals surface area contributed by atoms with Crippen LogP contribution in [0.25, 0.3) is 0 Å². The van der Waals surface area contributed by atoms with E-state index in [4.69, 9.17) is 23.2 Å². The van der Waals surface area contributed by atoms with Crippen LogP contribution in [-0.4, -0.2) is 51.9 Å². The maximum atomic E-state index is 13.3. The van der Waals surface area contributed by atoms with Crippen LogP contribution in [-0.2, 0) is 14.8 Å². The van der Waals surface area contributed by atoms with Crippen LogP contribution in [0.1, 0.15) is 25.7 Å². The normalized spacial score (nSPS) is 14.9. The number of nitrogens with one attached hydrogen (secondary N) is 1. The van der Waals surface area contributed by atoms with Gasteiger partial charge in [-0.1, -0.05) is 47.8 Å². The topological polar surface area (TPSA) is 69.7 Å². The van der Waals surface area contributed by atoms with Crippen molar-refractivity contribution < 1.29 is 13.2 Å². The van der Waals surface area contributed by atoms with E-state index < -0.39 is 10.0 Å². The molecule has 1 saturated heterocycles. The van der Waals surface area contributed by atoms with E-state index in [1.807, 2.05) is 0 Å². The Morgan fingerprint density at radius 1 is 1.03 bits per heavy atom. The minimum atomic E-state index is -4.00. The zero-order valence-corrected chi connectivity index (χ0v) is 19.6. The molecular formula is C22H27Cl2N3O3S. The number of hydrogen-bond acceptors (Lipinski definition) is 4. The molecule has 1 heterocycles. The van der Waals surface area contributed by atoms with Crippen LogP contribution in [0.4, 0.5) is 5.69 Å². The first-order chi connectivity index (χ1) is 14.9. The fourth-order valence-corrected chi connectivity index (χ4v) is 5.62. The van der Waals surface area contributed by atoms with E-state index in [0.29, 0.717) is 11.6 Å². The molecule has 0 radical (unpaired) electrons. The van der Waals surface area contributed by atoms with Crippen molar-refractivity contribution in [2.24, 2.45) is 0 Å². The molecule has 6 nitrogen and oxygen atoms in total. The van der Waals surface area contributed by atoms with E-state index in [1.54, 1.807) is 24.3 Å². The lowest BCUT2D eigenvalue weighted by molar-refractivity contribution is -0.119. The van der Waals surface area contributed by atoms with Crippen LogP contribution < -0.4 is 9.62 Å². The van der Waals surface area contributed by atoms with Gasteiger partial charge in [0.25, 0.3) is 10.0 Å². The monoisotopic (exact) mass is 483 g/mol. The maximum Gasteiger partial charge on any atom is 0.264 e. The Hall–Kier alpha value is -1.80. The number of piperidine rings is 1. The van der Waals surface area contributed by atoms with Gasteiger partial charge in [0.15, 0.2) is 0 Å². The molecule has 1 fully saturated rings. The third-order valence-electron chi connectivity index (χ3n) is 5.22. The van der Waals surface area contributed by atoms with Gasteiger partial charge in [0.2, 0.25) is 5.91 Å². The number of benzene rings is 2. The molecule has 1 aliphatic rings. The molecule has 1 aliphatic heterocycles. The predicted molar refractivity (Wildman–Crippen MR) is 125 cm³/mol. The second-order valence-electron chi connectivity index (χ2n) is 7.53. The van der Waals surface area contributed by atoms with Gasteiger partial charge < -0.3 is 10.2 Å². The van der Waals surface area contributed by atoms with Gasteiger partial charge >= 0.3 is 0 Å². The van der Waals surface area contributed by atoms with Crippen LogP contribution in [0.3, 0.4) is 0 Å². The summed E-state index contributed by atoms with van der Waals surface area (Å²) in [7, 11) is -4.00. The van der Waals surface area contributed by atoms with Gasteiger partial charge in [0.1, 0.15) is 6.54 Å². The van der Waals surface area contributed by atoms with Crippen LogP contribution >= 0.6 is 23.2 Å². The van der Waals surface area contributed by atoms with Gasteiger partial charge in [-0.15, -0.1) is 0 Å². The summed E-state index contributed by atoms with van der Waals surface area (Å²) in [6.07, 6.45) is 4.55. The molecule has 0 saturated carbocycles. The summed E-state index contributed by atoms with van der Waals surface area (Å²) >= 11 is 12.3. The average Bonchev–Trinajstić information content (AvgIpc) is 2.77. The summed E-state index contributed by atoms with van der Waals surface area (Å²) in [6, 6.07) is 12.5.